The van der Waals surface area contributed by atoms with Crippen LogP contribution < -0.4 is 16.6 Å². The van der Waals surface area contributed by atoms with Gasteiger partial charge in [0.25, 0.3) is 5.56 Å². The molecule has 2 saturated carbocycles. The predicted molar refractivity (Wildman–Crippen MR) is 139 cm³/mol. The zero-order chi connectivity index (χ0) is 28.1. The number of sulfone groups is 1. The van der Waals surface area contributed by atoms with Crippen molar-refractivity contribution in [3.8, 4) is 11.8 Å². The largest absolute Gasteiger partial charge is 0.333 e. The summed E-state index contributed by atoms with van der Waals surface area (Å²) in [6, 6.07) is 5.21. The second-order valence-corrected chi connectivity index (χ2v) is 11.8. The number of benzene rings is 1. The zero-order valence-corrected chi connectivity index (χ0v) is 21.8. The molecule has 0 atom stereocenters. The molecule has 3 aromatic rings. The first-order valence-corrected chi connectivity index (χ1v) is 14.0. The van der Waals surface area contributed by atoms with E-state index in [2.05, 4.69) is 22.1 Å². The van der Waals surface area contributed by atoms with E-state index in [0.717, 1.165) is 46.6 Å². The topological polar surface area (TPSA) is 142 Å². The summed E-state index contributed by atoms with van der Waals surface area (Å²) in [6.45, 7) is -0.245. The predicted octanol–water partition coefficient (Wildman–Crippen LogP) is 0.759. The van der Waals surface area contributed by atoms with Crippen molar-refractivity contribution in [2.75, 3.05) is 11.6 Å². The highest BCUT2D eigenvalue weighted by molar-refractivity contribution is 7.90. The molecular formula is C26H27N5O6S. The van der Waals surface area contributed by atoms with E-state index in [1.165, 1.54) is 7.05 Å². The van der Waals surface area contributed by atoms with Crippen molar-refractivity contribution in [3.05, 3.63) is 50.2 Å². The monoisotopic (exact) mass is 538 g/mol. The average molecular weight is 539 g/mol. The van der Waals surface area contributed by atoms with Gasteiger partial charge in [-0.3, -0.25) is 23.5 Å². The molecule has 2 aliphatic carbocycles. The van der Waals surface area contributed by atoms with Crippen molar-refractivity contribution in [3.63, 3.8) is 0 Å². The highest BCUT2D eigenvalue weighted by Gasteiger charge is 2.31. The maximum absolute atomic E-state index is 13.0. The van der Waals surface area contributed by atoms with Crippen LogP contribution in [0.25, 0.3) is 11.2 Å². The number of Topliss-reactive ketones (excluding diaryl/α,β-unsaturated/α-hetero) is 1. The first-order chi connectivity index (χ1) is 18.5. The lowest BCUT2D eigenvalue weighted by atomic mass is 10.0. The molecule has 11 nitrogen and oxygen atoms in total. The van der Waals surface area contributed by atoms with Crippen LogP contribution in [0.1, 0.15) is 38.2 Å². The van der Waals surface area contributed by atoms with Gasteiger partial charge in [-0.1, -0.05) is 11.8 Å². The molecule has 0 saturated heterocycles. The second kappa shape index (κ2) is 9.40. The highest BCUT2D eigenvalue weighted by Crippen LogP contribution is 2.32. The Balaban J connectivity index is 1.53. The fourth-order valence-corrected chi connectivity index (χ4v) is 5.16. The molecule has 0 radical (unpaired) electrons. The van der Waals surface area contributed by atoms with E-state index < -0.39 is 28.1 Å². The van der Waals surface area contributed by atoms with Gasteiger partial charge in [-0.15, -0.1) is 0 Å². The maximum atomic E-state index is 13.0. The number of carbonyl (C=O) groups excluding carboxylic acids is 2. The third-order valence-corrected chi connectivity index (χ3v) is 7.65. The Hall–Kier alpha value is -3.98. The Labute approximate surface area is 219 Å². The Morgan fingerprint density at radius 1 is 1.13 bits per heavy atom. The molecule has 1 N–H and O–H groups in total. The molecule has 38 heavy (non-hydrogen) atoms. The number of nitrogens with zero attached hydrogens (tertiary/aromatic N) is 4. The SMILES string of the molecule is [2H]Cn1c(=O)c2c(nc(S(C)(=O)=O)n2C)n(CC#Cc2cc(CC(=O)C3CC3)cc(NC(=O)C3CC3)c2)c1=O. The third-order valence-electron chi connectivity index (χ3n) is 6.62. The smallest absolute Gasteiger partial charge is 0.326 e. The van der Waals surface area contributed by atoms with Crippen LogP contribution in [0.5, 0.6) is 0 Å². The summed E-state index contributed by atoms with van der Waals surface area (Å²) in [4.78, 5) is 54.6. The summed E-state index contributed by atoms with van der Waals surface area (Å²) in [7, 11) is -3.12. The molecule has 0 bridgehead atoms. The van der Waals surface area contributed by atoms with Crippen LogP contribution in [0.15, 0.2) is 32.9 Å². The van der Waals surface area contributed by atoms with Crippen molar-refractivity contribution < 1.29 is 19.4 Å². The first kappa shape index (κ1) is 24.4. The fraction of sp³-hybridized carbons (Fsp3) is 0.423. The number of aromatic nitrogens is 4. The average Bonchev–Trinajstić information content (AvgIpc) is 3.77. The van der Waals surface area contributed by atoms with Crippen LogP contribution in [0.4, 0.5) is 5.69 Å². The third kappa shape index (κ3) is 5.06. The van der Waals surface area contributed by atoms with Gasteiger partial charge in [0.1, 0.15) is 5.78 Å². The number of aryl methyl sites for hydroxylation is 1. The number of fused-ring (bicyclic) bond motifs is 1. The molecule has 2 aromatic heterocycles. The lowest BCUT2D eigenvalue weighted by Gasteiger charge is -2.09. The van der Waals surface area contributed by atoms with Crippen LogP contribution in [-0.2, 0) is 46.5 Å². The van der Waals surface area contributed by atoms with E-state index >= 15 is 0 Å². The van der Waals surface area contributed by atoms with Crippen LogP contribution in [-0.4, -0.2) is 45.0 Å². The molecule has 0 aliphatic heterocycles. The molecular weight excluding hydrogens is 510 g/mol. The fourth-order valence-electron chi connectivity index (χ4n) is 4.32. The molecule has 198 valence electrons. The molecule has 2 fully saturated rings. The minimum absolute atomic E-state index is 0.00603. The molecule has 1 amide bonds. The minimum atomic E-state index is -3.81. The zero-order valence-electron chi connectivity index (χ0n) is 22.0. The summed E-state index contributed by atoms with van der Waals surface area (Å²) in [5, 5.41) is 2.50. The lowest BCUT2D eigenvalue weighted by molar-refractivity contribution is -0.119. The van der Waals surface area contributed by atoms with E-state index in [0.29, 0.717) is 15.8 Å². The molecule has 1 aromatic carbocycles. The number of carbonyl (C=O) groups is 2. The van der Waals surface area contributed by atoms with Crippen molar-refractivity contribution in [2.45, 2.75) is 43.8 Å². The Bertz CT molecular complexity index is 1770. The van der Waals surface area contributed by atoms with Gasteiger partial charge in [0.2, 0.25) is 20.9 Å². The van der Waals surface area contributed by atoms with Crippen molar-refractivity contribution in [1.29, 1.82) is 0 Å². The number of hydrogen-bond donors (Lipinski definition) is 1. The number of amides is 1. The van der Waals surface area contributed by atoms with Gasteiger partial charge in [0, 0.05) is 51.2 Å². The van der Waals surface area contributed by atoms with E-state index in [1.54, 1.807) is 18.2 Å². The Morgan fingerprint density at radius 2 is 1.84 bits per heavy atom. The molecule has 2 heterocycles. The van der Waals surface area contributed by atoms with Gasteiger partial charge in [0.15, 0.2) is 11.2 Å². The van der Waals surface area contributed by atoms with Gasteiger partial charge in [-0.05, 0) is 49.4 Å². The van der Waals surface area contributed by atoms with E-state index in [1.807, 2.05) is 0 Å². The van der Waals surface area contributed by atoms with Crippen LogP contribution in [0.3, 0.4) is 0 Å². The van der Waals surface area contributed by atoms with Gasteiger partial charge in [-0.25, -0.2) is 13.2 Å². The summed E-state index contributed by atoms with van der Waals surface area (Å²) in [5.74, 6) is 5.95. The minimum Gasteiger partial charge on any atom is -0.326 e. The number of ketones is 1. The van der Waals surface area contributed by atoms with Crippen LogP contribution in [0, 0.1) is 23.7 Å². The summed E-state index contributed by atoms with van der Waals surface area (Å²) in [5.41, 5.74) is -0.169. The molecule has 0 unspecified atom stereocenters. The second-order valence-electron chi connectivity index (χ2n) is 9.90. The first-order valence-electron chi connectivity index (χ1n) is 12.8. The van der Waals surface area contributed by atoms with Gasteiger partial charge in [0.05, 0.1) is 6.54 Å². The highest BCUT2D eigenvalue weighted by atomic mass is 32.2. The van der Waals surface area contributed by atoms with Gasteiger partial charge < -0.3 is 9.88 Å². The summed E-state index contributed by atoms with van der Waals surface area (Å²) in [6.07, 6.45) is 4.64. The van der Waals surface area contributed by atoms with Crippen molar-refractivity contribution >= 4 is 38.4 Å². The Morgan fingerprint density at radius 3 is 2.47 bits per heavy atom. The van der Waals surface area contributed by atoms with Gasteiger partial charge in [-0.2, -0.15) is 4.98 Å². The maximum Gasteiger partial charge on any atom is 0.333 e. The van der Waals surface area contributed by atoms with Gasteiger partial charge >= 0.3 is 5.69 Å². The van der Waals surface area contributed by atoms with Crippen LogP contribution in [0.2, 0.25) is 0 Å². The van der Waals surface area contributed by atoms with E-state index in [9.17, 15) is 27.6 Å². The Kier molecular flexibility index (Phi) is 6.03. The normalized spacial score (nSPS) is 15.6. The molecule has 2 aliphatic rings. The van der Waals surface area contributed by atoms with E-state index in [-0.39, 0.29) is 52.8 Å². The number of rotatable bonds is 7. The standard InChI is InChI=1S/C26H27N5O6S/c1-29-21-22(28-25(29)38(3,36)37)31(26(35)30(2)24(21)34)10-4-5-15-11-16(14-20(32)17-6-7-17)13-19(12-15)27-23(33)18-8-9-18/h11-13,17-18H,6-10,14H2,1-3H3,(H,27,33)/i2D. The van der Waals surface area contributed by atoms with Crippen molar-refractivity contribution in [2.24, 2.45) is 25.9 Å². The summed E-state index contributed by atoms with van der Waals surface area (Å²) >= 11 is 0. The number of nitrogens with one attached hydrogen (secondary N) is 1. The summed E-state index contributed by atoms with van der Waals surface area (Å²) < 4.78 is 34.9. The number of hydrogen-bond acceptors (Lipinski definition) is 7. The molecule has 5 rings (SSSR count). The molecule has 12 heteroatoms. The number of imidazole rings is 1. The number of anilines is 1. The molecule has 0 spiro atoms. The van der Waals surface area contributed by atoms with E-state index in [4.69, 9.17) is 1.37 Å². The quantitative estimate of drug-likeness (QED) is 0.438. The lowest BCUT2D eigenvalue weighted by Crippen LogP contribution is -2.38. The van der Waals surface area contributed by atoms with Crippen LogP contribution >= 0.6 is 0 Å². The van der Waals surface area contributed by atoms with Crippen molar-refractivity contribution in [1.82, 2.24) is 18.7 Å².